The second-order valence-electron chi connectivity index (χ2n) is 6.43. The first-order valence-electron chi connectivity index (χ1n) is 8.45. The van der Waals surface area contributed by atoms with Gasteiger partial charge in [-0.3, -0.25) is 9.69 Å². The van der Waals surface area contributed by atoms with Crippen LogP contribution in [-0.4, -0.2) is 50.4 Å². The van der Waals surface area contributed by atoms with Crippen molar-refractivity contribution in [1.29, 1.82) is 0 Å². The van der Waals surface area contributed by atoms with Crippen LogP contribution in [0.1, 0.15) is 6.42 Å². The van der Waals surface area contributed by atoms with E-state index in [-0.39, 0.29) is 30.0 Å². The third-order valence-corrected chi connectivity index (χ3v) is 7.19. The number of nitrogens with zero attached hydrogens (tertiary/aromatic N) is 1. The van der Waals surface area contributed by atoms with E-state index < -0.39 is 9.84 Å². The number of benzene rings is 2. The summed E-state index contributed by atoms with van der Waals surface area (Å²) < 4.78 is 23.2. The molecule has 0 saturated carbocycles. The van der Waals surface area contributed by atoms with Crippen molar-refractivity contribution in [2.24, 2.45) is 0 Å². The molecule has 7 heteroatoms. The Hall–Kier alpha value is -1.83. The summed E-state index contributed by atoms with van der Waals surface area (Å²) >= 11 is 1.59. The van der Waals surface area contributed by atoms with E-state index in [4.69, 9.17) is 0 Å². The number of amides is 1. The summed E-state index contributed by atoms with van der Waals surface area (Å²) in [6, 6.07) is 17.6. The summed E-state index contributed by atoms with van der Waals surface area (Å²) in [5.41, 5.74) is 0.763. The van der Waals surface area contributed by atoms with E-state index in [0.29, 0.717) is 6.42 Å². The highest BCUT2D eigenvalue weighted by molar-refractivity contribution is 7.99. The van der Waals surface area contributed by atoms with Gasteiger partial charge < -0.3 is 5.32 Å². The molecule has 1 aliphatic rings. The van der Waals surface area contributed by atoms with E-state index in [0.717, 1.165) is 15.5 Å². The molecular weight excluding hydrogens is 368 g/mol. The molecule has 0 bridgehead atoms. The van der Waals surface area contributed by atoms with Crippen molar-refractivity contribution >= 4 is 33.2 Å². The molecule has 2 aromatic carbocycles. The van der Waals surface area contributed by atoms with E-state index in [2.05, 4.69) is 5.32 Å². The van der Waals surface area contributed by atoms with Crippen molar-refractivity contribution in [3.63, 3.8) is 0 Å². The van der Waals surface area contributed by atoms with Crippen molar-refractivity contribution in [3.8, 4) is 0 Å². The van der Waals surface area contributed by atoms with Gasteiger partial charge in [-0.2, -0.15) is 0 Å². The van der Waals surface area contributed by atoms with Crippen LogP contribution >= 0.6 is 11.8 Å². The Balaban J connectivity index is 1.62. The lowest BCUT2D eigenvalue weighted by Crippen LogP contribution is -2.38. The van der Waals surface area contributed by atoms with Gasteiger partial charge in [0.15, 0.2) is 9.84 Å². The van der Waals surface area contributed by atoms with Crippen LogP contribution in [0.15, 0.2) is 64.4 Å². The molecule has 1 saturated heterocycles. The van der Waals surface area contributed by atoms with Gasteiger partial charge in [0.2, 0.25) is 5.91 Å². The summed E-state index contributed by atoms with van der Waals surface area (Å²) in [5.74, 6) is 0.204. The Morgan fingerprint density at radius 3 is 2.54 bits per heavy atom. The summed E-state index contributed by atoms with van der Waals surface area (Å²) in [6.07, 6.45) is 0.590. The normalized spacial score (nSPS) is 18.8. The summed E-state index contributed by atoms with van der Waals surface area (Å²) in [4.78, 5) is 16.3. The molecule has 1 heterocycles. The topological polar surface area (TPSA) is 66.5 Å². The van der Waals surface area contributed by atoms with Gasteiger partial charge in [0.25, 0.3) is 0 Å². The molecule has 26 heavy (non-hydrogen) atoms. The number of likely N-dealkylation sites (N-methyl/N-ethyl adjacent to an activating group) is 1. The highest BCUT2D eigenvalue weighted by Gasteiger charge is 2.31. The summed E-state index contributed by atoms with van der Waals surface area (Å²) in [6.45, 7) is 0.171. The molecular formula is C19H22N2O3S2. The Labute approximate surface area is 158 Å². The predicted molar refractivity (Wildman–Crippen MR) is 105 cm³/mol. The fourth-order valence-electron chi connectivity index (χ4n) is 2.94. The third kappa shape index (κ3) is 5.09. The second-order valence-corrected chi connectivity index (χ2v) is 9.78. The fraction of sp³-hybridized carbons (Fsp3) is 0.316. The second kappa shape index (κ2) is 8.24. The molecule has 1 amide bonds. The van der Waals surface area contributed by atoms with Crippen LogP contribution in [0.5, 0.6) is 0 Å². The number of para-hydroxylation sites is 1. The maximum absolute atomic E-state index is 12.4. The van der Waals surface area contributed by atoms with Crippen molar-refractivity contribution in [2.45, 2.75) is 22.3 Å². The first-order valence-corrected chi connectivity index (χ1v) is 11.1. The minimum atomic E-state index is -2.95. The van der Waals surface area contributed by atoms with Gasteiger partial charge in [0.05, 0.1) is 23.7 Å². The molecule has 138 valence electrons. The van der Waals surface area contributed by atoms with Crippen LogP contribution in [0, 0.1) is 0 Å². The number of sulfone groups is 1. The number of anilines is 1. The quantitative estimate of drug-likeness (QED) is 0.822. The molecule has 1 fully saturated rings. The Bertz CT molecular complexity index is 869. The maximum Gasteiger partial charge on any atom is 0.238 e. The molecule has 0 aliphatic carbocycles. The van der Waals surface area contributed by atoms with Gasteiger partial charge in [-0.25, -0.2) is 8.42 Å². The molecule has 2 aromatic rings. The number of hydrogen-bond donors (Lipinski definition) is 1. The van der Waals surface area contributed by atoms with E-state index in [1.54, 1.807) is 18.8 Å². The lowest BCUT2D eigenvalue weighted by molar-refractivity contribution is -0.117. The van der Waals surface area contributed by atoms with Gasteiger partial charge in [0, 0.05) is 15.8 Å². The molecule has 0 radical (unpaired) electrons. The van der Waals surface area contributed by atoms with Crippen molar-refractivity contribution in [3.05, 3.63) is 54.6 Å². The van der Waals surface area contributed by atoms with Gasteiger partial charge in [-0.15, -0.1) is 0 Å². The molecule has 1 unspecified atom stereocenters. The molecule has 3 rings (SSSR count). The van der Waals surface area contributed by atoms with Crippen LogP contribution in [0.4, 0.5) is 5.69 Å². The van der Waals surface area contributed by atoms with E-state index in [1.807, 2.05) is 59.5 Å². The predicted octanol–water partition coefficient (Wildman–Crippen LogP) is 2.90. The van der Waals surface area contributed by atoms with Crippen molar-refractivity contribution < 1.29 is 13.2 Å². The van der Waals surface area contributed by atoms with Crippen LogP contribution in [0.3, 0.4) is 0 Å². The van der Waals surface area contributed by atoms with Gasteiger partial charge in [-0.1, -0.05) is 42.1 Å². The minimum Gasteiger partial charge on any atom is -0.324 e. The van der Waals surface area contributed by atoms with Gasteiger partial charge in [0.1, 0.15) is 0 Å². The van der Waals surface area contributed by atoms with E-state index in [1.165, 1.54) is 0 Å². The zero-order valence-corrected chi connectivity index (χ0v) is 16.2. The average molecular weight is 391 g/mol. The van der Waals surface area contributed by atoms with E-state index >= 15 is 0 Å². The number of carbonyl (C=O) groups excluding carboxylic acids is 1. The first kappa shape index (κ1) is 18.9. The van der Waals surface area contributed by atoms with Crippen LogP contribution in [-0.2, 0) is 14.6 Å². The highest BCUT2D eigenvalue weighted by atomic mass is 32.2. The molecule has 5 nitrogen and oxygen atoms in total. The highest BCUT2D eigenvalue weighted by Crippen LogP contribution is 2.33. The van der Waals surface area contributed by atoms with E-state index in [9.17, 15) is 13.2 Å². The largest absolute Gasteiger partial charge is 0.324 e. The van der Waals surface area contributed by atoms with Crippen LogP contribution in [0.2, 0.25) is 0 Å². The zero-order chi connectivity index (χ0) is 18.6. The SMILES string of the molecule is CN(CC(=O)Nc1ccccc1Sc1ccccc1)C1CCS(=O)(=O)C1. The third-order valence-electron chi connectivity index (χ3n) is 4.36. The van der Waals surface area contributed by atoms with Gasteiger partial charge >= 0.3 is 0 Å². The van der Waals surface area contributed by atoms with Crippen LogP contribution < -0.4 is 5.32 Å². The number of nitrogens with one attached hydrogen (secondary N) is 1. The lowest BCUT2D eigenvalue weighted by Gasteiger charge is -2.22. The smallest absolute Gasteiger partial charge is 0.238 e. The monoisotopic (exact) mass is 390 g/mol. The lowest BCUT2D eigenvalue weighted by atomic mass is 10.2. The number of rotatable bonds is 6. The Morgan fingerprint density at radius 2 is 1.85 bits per heavy atom. The summed E-state index contributed by atoms with van der Waals surface area (Å²) in [5, 5.41) is 2.95. The Kier molecular flexibility index (Phi) is 6.01. The van der Waals surface area contributed by atoms with Crippen molar-refractivity contribution in [2.75, 3.05) is 30.4 Å². The number of carbonyl (C=O) groups is 1. The average Bonchev–Trinajstić information content (AvgIpc) is 2.98. The molecule has 0 aromatic heterocycles. The molecule has 1 N–H and O–H groups in total. The van der Waals surface area contributed by atoms with Gasteiger partial charge in [-0.05, 0) is 37.7 Å². The molecule has 1 atom stereocenters. The van der Waals surface area contributed by atoms with Crippen molar-refractivity contribution in [1.82, 2.24) is 4.90 Å². The maximum atomic E-state index is 12.4. The zero-order valence-electron chi connectivity index (χ0n) is 14.6. The Morgan fingerprint density at radius 1 is 1.15 bits per heavy atom. The molecule has 0 spiro atoms. The first-order chi connectivity index (χ1) is 12.4. The summed E-state index contributed by atoms with van der Waals surface area (Å²) in [7, 11) is -1.15. The van der Waals surface area contributed by atoms with Crippen LogP contribution in [0.25, 0.3) is 0 Å². The fourth-order valence-corrected chi connectivity index (χ4v) is 5.67. The standard InChI is InChI=1S/C19H22N2O3S2/c1-21(15-11-12-26(23,24)14-15)13-19(22)20-17-9-5-6-10-18(17)25-16-7-3-2-4-8-16/h2-10,15H,11-14H2,1H3,(H,20,22). The number of hydrogen-bond acceptors (Lipinski definition) is 5. The minimum absolute atomic E-state index is 0.0836. The molecule has 1 aliphatic heterocycles.